The van der Waals surface area contributed by atoms with Crippen molar-refractivity contribution in [2.45, 2.75) is 0 Å². The summed E-state index contributed by atoms with van der Waals surface area (Å²) in [4.78, 5) is 44.5. The van der Waals surface area contributed by atoms with Crippen LogP contribution in [0, 0.1) is 0 Å². The molecule has 0 atom stereocenters. The number of carbonyl (C=O) groups excluding carboxylic acids is 3. The monoisotopic (exact) mass is 489 g/mol. The summed E-state index contributed by atoms with van der Waals surface area (Å²) in [5.41, 5.74) is 2.19. The summed E-state index contributed by atoms with van der Waals surface area (Å²) in [5, 5.41) is 3.93. The second-order valence-electron chi connectivity index (χ2n) is 9.54. The van der Waals surface area contributed by atoms with Crippen LogP contribution >= 0.6 is 0 Å². The van der Waals surface area contributed by atoms with E-state index in [1.807, 2.05) is 59.5 Å². The van der Waals surface area contributed by atoms with Crippen LogP contribution in [0.5, 0.6) is 0 Å². The Bertz CT molecular complexity index is 1510. The average Bonchev–Trinajstić information content (AvgIpc) is 2.94. The van der Waals surface area contributed by atoms with Crippen LogP contribution in [0.4, 0.5) is 0 Å². The minimum atomic E-state index is -0.235. The lowest BCUT2D eigenvalue weighted by molar-refractivity contribution is -0.127. The fourth-order valence-electron chi connectivity index (χ4n) is 5.38. The van der Waals surface area contributed by atoms with E-state index in [0.717, 1.165) is 27.1 Å². The molecule has 0 radical (unpaired) electrons. The highest BCUT2D eigenvalue weighted by Crippen LogP contribution is 2.30. The first-order valence-electron chi connectivity index (χ1n) is 12.7. The van der Waals surface area contributed by atoms with Gasteiger partial charge < -0.3 is 4.90 Å². The molecule has 2 aliphatic rings. The SMILES string of the molecule is O=C(C=Cc1cccc2ccccc12)N1CCN(CCN2C(=O)c3cccc4cccc(c34)C2=O)CC1. The highest BCUT2D eigenvalue weighted by molar-refractivity contribution is 6.25. The maximum absolute atomic E-state index is 13.1. The van der Waals surface area contributed by atoms with Gasteiger partial charge in [-0.05, 0) is 39.9 Å². The van der Waals surface area contributed by atoms with Crippen molar-refractivity contribution in [3.05, 3.63) is 102 Å². The lowest BCUT2D eigenvalue weighted by Gasteiger charge is -2.35. The van der Waals surface area contributed by atoms with Gasteiger partial charge in [-0.2, -0.15) is 0 Å². The average molecular weight is 490 g/mol. The molecule has 37 heavy (non-hydrogen) atoms. The van der Waals surface area contributed by atoms with Crippen LogP contribution in [0.2, 0.25) is 0 Å². The minimum Gasteiger partial charge on any atom is -0.337 e. The van der Waals surface area contributed by atoms with Gasteiger partial charge in [0.2, 0.25) is 5.91 Å². The Morgan fingerprint density at radius 2 is 1.32 bits per heavy atom. The summed E-state index contributed by atoms with van der Waals surface area (Å²) in [5.74, 6) is -0.470. The van der Waals surface area contributed by atoms with Gasteiger partial charge in [0.25, 0.3) is 11.8 Å². The first-order chi connectivity index (χ1) is 18.1. The molecule has 0 aromatic heterocycles. The lowest BCUT2D eigenvalue weighted by Crippen LogP contribution is -2.51. The van der Waals surface area contributed by atoms with Crippen LogP contribution in [0.15, 0.2) is 84.9 Å². The van der Waals surface area contributed by atoms with Crippen LogP contribution in [0.3, 0.4) is 0 Å². The third kappa shape index (κ3) is 4.30. The molecule has 2 aliphatic heterocycles. The zero-order chi connectivity index (χ0) is 25.4. The van der Waals surface area contributed by atoms with E-state index >= 15 is 0 Å². The number of fused-ring (bicyclic) bond motifs is 1. The van der Waals surface area contributed by atoms with Crippen molar-refractivity contribution in [1.82, 2.24) is 14.7 Å². The predicted molar refractivity (Wildman–Crippen MR) is 145 cm³/mol. The summed E-state index contributed by atoms with van der Waals surface area (Å²) >= 11 is 0. The number of hydrogen-bond acceptors (Lipinski definition) is 4. The molecule has 0 N–H and O–H groups in total. The first-order valence-corrected chi connectivity index (χ1v) is 12.7. The van der Waals surface area contributed by atoms with Crippen LogP contribution in [0.25, 0.3) is 27.6 Å². The zero-order valence-corrected chi connectivity index (χ0v) is 20.5. The van der Waals surface area contributed by atoms with Gasteiger partial charge in [0.1, 0.15) is 0 Å². The second kappa shape index (κ2) is 9.64. The number of rotatable bonds is 5. The molecule has 0 unspecified atom stereocenters. The highest BCUT2D eigenvalue weighted by Gasteiger charge is 2.33. The van der Waals surface area contributed by atoms with E-state index in [1.54, 1.807) is 18.2 Å². The molecule has 0 aliphatic carbocycles. The summed E-state index contributed by atoms with van der Waals surface area (Å²) in [6.07, 6.45) is 3.55. The van der Waals surface area contributed by atoms with Crippen molar-refractivity contribution in [2.75, 3.05) is 39.3 Å². The van der Waals surface area contributed by atoms with E-state index in [-0.39, 0.29) is 17.7 Å². The number of imide groups is 1. The molecule has 0 bridgehead atoms. The quantitative estimate of drug-likeness (QED) is 0.307. The van der Waals surface area contributed by atoms with Crippen molar-refractivity contribution in [2.24, 2.45) is 0 Å². The van der Waals surface area contributed by atoms with E-state index in [1.165, 1.54) is 4.90 Å². The lowest BCUT2D eigenvalue weighted by atomic mass is 9.94. The third-order valence-corrected chi connectivity index (χ3v) is 7.41. The predicted octanol–water partition coefficient (Wildman–Crippen LogP) is 4.45. The molecule has 3 amide bonds. The number of benzene rings is 4. The van der Waals surface area contributed by atoms with Crippen molar-refractivity contribution < 1.29 is 14.4 Å². The van der Waals surface area contributed by atoms with E-state index in [9.17, 15) is 14.4 Å². The molecular weight excluding hydrogens is 462 g/mol. The Labute approximate surface area is 215 Å². The Kier molecular flexibility index (Phi) is 6.02. The van der Waals surface area contributed by atoms with Crippen molar-refractivity contribution in [1.29, 1.82) is 0 Å². The number of nitrogens with zero attached hydrogens (tertiary/aromatic N) is 3. The zero-order valence-electron chi connectivity index (χ0n) is 20.5. The normalized spacial score (nSPS) is 16.3. The van der Waals surface area contributed by atoms with Gasteiger partial charge in [-0.15, -0.1) is 0 Å². The van der Waals surface area contributed by atoms with Gasteiger partial charge in [0, 0.05) is 61.9 Å². The highest BCUT2D eigenvalue weighted by atomic mass is 16.2. The fourth-order valence-corrected chi connectivity index (χ4v) is 5.38. The molecule has 6 rings (SSSR count). The number of carbonyl (C=O) groups is 3. The summed E-state index contributed by atoms with van der Waals surface area (Å²) in [7, 11) is 0. The Morgan fingerprint density at radius 3 is 2.05 bits per heavy atom. The standard InChI is InChI=1S/C31H27N3O3/c35-28(15-14-23-8-3-7-22-6-1-2-11-25(22)23)33-19-16-32(17-20-33)18-21-34-30(36)26-12-4-9-24-10-5-13-27(29(24)26)31(34)37/h1-15H,16-21H2. The van der Waals surface area contributed by atoms with Crippen molar-refractivity contribution in [3.8, 4) is 0 Å². The van der Waals surface area contributed by atoms with E-state index in [4.69, 9.17) is 0 Å². The van der Waals surface area contributed by atoms with Crippen molar-refractivity contribution in [3.63, 3.8) is 0 Å². The molecule has 0 saturated carbocycles. The molecular formula is C31H27N3O3. The maximum Gasteiger partial charge on any atom is 0.261 e. The number of piperazine rings is 1. The molecule has 0 spiro atoms. The van der Waals surface area contributed by atoms with E-state index in [2.05, 4.69) is 23.1 Å². The fraction of sp³-hybridized carbons (Fsp3) is 0.194. The van der Waals surface area contributed by atoms with Gasteiger partial charge in [0.05, 0.1) is 0 Å². The third-order valence-electron chi connectivity index (χ3n) is 7.41. The molecule has 6 nitrogen and oxygen atoms in total. The van der Waals surface area contributed by atoms with E-state index in [0.29, 0.717) is 50.4 Å². The van der Waals surface area contributed by atoms with Crippen LogP contribution < -0.4 is 0 Å². The smallest absolute Gasteiger partial charge is 0.261 e. The molecule has 1 fully saturated rings. The molecule has 2 heterocycles. The topological polar surface area (TPSA) is 60.9 Å². The summed E-state index contributed by atoms with van der Waals surface area (Å²) in [6, 6.07) is 25.4. The molecule has 184 valence electrons. The van der Waals surface area contributed by atoms with Crippen LogP contribution in [-0.4, -0.2) is 71.7 Å². The Morgan fingerprint density at radius 1 is 0.703 bits per heavy atom. The van der Waals surface area contributed by atoms with E-state index < -0.39 is 0 Å². The van der Waals surface area contributed by atoms with Gasteiger partial charge in [-0.3, -0.25) is 24.2 Å². The summed E-state index contributed by atoms with van der Waals surface area (Å²) in [6.45, 7) is 3.55. The molecule has 4 aromatic rings. The molecule has 4 aromatic carbocycles. The number of hydrogen-bond donors (Lipinski definition) is 0. The van der Waals surface area contributed by atoms with Crippen molar-refractivity contribution >= 4 is 45.3 Å². The van der Waals surface area contributed by atoms with Gasteiger partial charge in [0.15, 0.2) is 0 Å². The summed E-state index contributed by atoms with van der Waals surface area (Å²) < 4.78 is 0. The molecule has 6 heteroatoms. The maximum atomic E-state index is 13.1. The van der Waals surface area contributed by atoms with Crippen LogP contribution in [0.1, 0.15) is 26.3 Å². The Balaban J connectivity index is 1.06. The van der Waals surface area contributed by atoms with Crippen LogP contribution in [-0.2, 0) is 4.79 Å². The number of amides is 3. The van der Waals surface area contributed by atoms with Gasteiger partial charge >= 0.3 is 0 Å². The van der Waals surface area contributed by atoms with Gasteiger partial charge in [-0.1, -0.05) is 66.7 Å². The first kappa shape index (κ1) is 23.1. The molecule has 1 saturated heterocycles. The minimum absolute atomic E-state index is 0.00123. The van der Waals surface area contributed by atoms with Gasteiger partial charge in [-0.25, -0.2) is 0 Å². The largest absolute Gasteiger partial charge is 0.337 e. The second-order valence-corrected chi connectivity index (χ2v) is 9.54. The Hall–Kier alpha value is -4.29.